The van der Waals surface area contributed by atoms with Gasteiger partial charge in [-0.05, 0) is 44.4 Å². The minimum Gasteiger partial charge on any atom is -0.466 e. The normalized spacial score (nSPS) is 17.3. The lowest BCUT2D eigenvalue weighted by Gasteiger charge is -2.31. The number of benzene rings is 1. The molecular weight excluding hydrogens is 348 g/mol. The number of para-hydroxylation sites is 1. The summed E-state index contributed by atoms with van der Waals surface area (Å²) in [5.41, 5.74) is 2.11. The second-order valence-electron chi connectivity index (χ2n) is 6.51. The number of aromatic nitrogens is 1. The zero-order chi connectivity index (χ0) is 18.5. The number of esters is 1. The van der Waals surface area contributed by atoms with Gasteiger partial charge in [-0.25, -0.2) is 4.98 Å². The third kappa shape index (κ3) is 4.36. The highest BCUT2D eigenvalue weighted by atomic mass is 32.2. The summed E-state index contributed by atoms with van der Waals surface area (Å²) in [4.78, 5) is 30.9. The predicted molar refractivity (Wildman–Crippen MR) is 103 cm³/mol. The van der Waals surface area contributed by atoms with E-state index < -0.39 is 0 Å². The molecule has 5 nitrogen and oxygen atoms in total. The highest BCUT2D eigenvalue weighted by Crippen LogP contribution is 2.25. The van der Waals surface area contributed by atoms with Crippen LogP contribution in [0.25, 0.3) is 10.9 Å². The third-order valence-electron chi connectivity index (χ3n) is 4.64. The van der Waals surface area contributed by atoms with Crippen molar-refractivity contribution >= 4 is 34.5 Å². The van der Waals surface area contributed by atoms with Crippen LogP contribution < -0.4 is 0 Å². The molecule has 1 aliphatic rings. The first kappa shape index (κ1) is 18.7. The first-order valence-electron chi connectivity index (χ1n) is 9.02. The second-order valence-corrected chi connectivity index (χ2v) is 7.51. The van der Waals surface area contributed by atoms with E-state index in [1.165, 1.54) is 11.8 Å². The fourth-order valence-corrected chi connectivity index (χ4v) is 4.15. The van der Waals surface area contributed by atoms with Crippen molar-refractivity contribution in [2.45, 2.75) is 31.7 Å². The van der Waals surface area contributed by atoms with Crippen LogP contribution in [0.4, 0.5) is 0 Å². The number of fused-ring (bicyclic) bond motifs is 1. The molecular formula is C20H24N2O3S. The van der Waals surface area contributed by atoms with E-state index in [0.717, 1.165) is 34.3 Å². The van der Waals surface area contributed by atoms with E-state index in [1.807, 2.05) is 24.3 Å². The van der Waals surface area contributed by atoms with Crippen molar-refractivity contribution in [1.82, 2.24) is 9.88 Å². The average Bonchev–Trinajstić information content (AvgIpc) is 2.66. The van der Waals surface area contributed by atoms with Crippen molar-refractivity contribution in [3.05, 3.63) is 35.9 Å². The summed E-state index contributed by atoms with van der Waals surface area (Å²) in [6.45, 7) is 5.41. The van der Waals surface area contributed by atoms with Crippen LogP contribution in [0.1, 0.15) is 25.3 Å². The molecule has 1 saturated heterocycles. The smallest absolute Gasteiger partial charge is 0.310 e. The van der Waals surface area contributed by atoms with Gasteiger partial charge in [0.05, 0.1) is 28.8 Å². The number of thioether (sulfide) groups is 1. The molecule has 1 atom stereocenters. The topological polar surface area (TPSA) is 59.5 Å². The number of ether oxygens (including phenoxy) is 1. The summed E-state index contributed by atoms with van der Waals surface area (Å²) >= 11 is 1.45. The van der Waals surface area contributed by atoms with Gasteiger partial charge >= 0.3 is 5.97 Å². The highest BCUT2D eigenvalue weighted by Gasteiger charge is 2.29. The number of aryl methyl sites for hydroxylation is 1. The lowest BCUT2D eigenvalue weighted by Crippen LogP contribution is -2.43. The SMILES string of the molecule is CCOC(=O)[C@@H]1CCCN(C(=O)CSc2cc(C)c3ccccc3n2)C1. The van der Waals surface area contributed by atoms with E-state index in [1.54, 1.807) is 11.8 Å². The Hall–Kier alpha value is -2.08. The van der Waals surface area contributed by atoms with Gasteiger partial charge in [-0.15, -0.1) is 0 Å². The number of carbonyl (C=O) groups excluding carboxylic acids is 2. The molecule has 0 unspecified atom stereocenters. The number of hydrogen-bond acceptors (Lipinski definition) is 5. The summed E-state index contributed by atoms with van der Waals surface area (Å²) in [5.74, 6) is 0.000112. The van der Waals surface area contributed by atoms with E-state index in [2.05, 4.69) is 18.0 Å². The predicted octanol–water partition coefficient (Wildman–Crippen LogP) is 3.44. The molecule has 1 aromatic carbocycles. The van der Waals surface area contributed by atoms with Crippen LogP contribution in [0.3, 0.4) is 0 Å². The zero-order valence-corrected chi connectivity index (χ0v) is 16.1. The van der Waals surface area contributed by atoms with Crippen molar-refractivity contribution < 1.29 is 14.3 Å². The number of hydrogen-bond donors (Lipinski definition) is 0. The Kier molecular flexibility index (Phi) is 6.14. The molecule has 3 rings (SSSR count). The Balaban J connectivity index is 1.61. The largest absolute Gasteiger partial charge is 0.466 e. The third-order valence-corrected chi connectivity index (χ3v) is 5.53. The Morgan fingerprint density at radius 3 is 2.96 bits per heavy atom. The molecule has 0 radical (unpaired) electrons. The fourth-order valence-electron chi connectivity index (χ4n) is 3.28. The van der Waals surface area contributed by atoms with Gasteiger partial charge in [0.15, 0.2) is 0 Å². The zero-order valence-electron chi connectivity index (χ0n) is 15.2. The summed E-state index contributed by atoms with van der Waals surface area (Å²) < 4.78 is 5.10. The van der Waals surface area contributed by atoms with Gasteiger partial charge in [0.2, 0.25) is 5.91 Å². The standard InChI is InChI=1S/C20H24N2O3S/c1-3-25-20(24)15-7-6-10-22(12-15)19(23)13-26-18-11-14(2)16-8-4-5-9-17(16)21-18/h4-5,8-9,11,15H,3,6-7,10,12-13H2,1-2H3/t15-/m1/s1. The van der Waals surface area contributed by atoms with Crippen LogP contribution in [0, 0.1) is 12.8 Å². The number of likely N-dealkylation sites (tertiary alicyclic amines) is 1. The van der Waals surface area contributed by atoms with E-state index in [0.29, 0.717) is 25.4 Å². The summed E-state index contributed by atoms with van der Waals surface area (Å²) in [5, 5.41) is 1.99. The van der Waals surface area contributed by atoms with Crippen molar-refractivity contribution in [3.8, 4) is 0 Å². The number of pyridine rings is 1. The van der Waals surface area contributed by atoms with Crippen LogP contribution >= 0.6 is 11.8 Å². The Bertz CT molecular complexity index is 809. The van der Waals surface area contributed by atoms with Crippen LogP contribution in [0.5, 0.6) is 0 Å². The first-order valence-corrected chi connectivity index (χ1v) is 10.0. The average molecular weight is 372 g/mol. The Labute approximate surface area is 158 Å². The van der Waals surface area contributed by atoms with Crippen molar-refractivity contribution in [1.29, 1.82) is 0 Å². The molecule has 2 heterocycles. The highest BCUT2D eigenvalue weighted by molar-refractivity contribution is 7.99. The monoisotopic (exact) mass is 372 g/mol. The van der Waals surface area contributed by atoms with Gasteiger partial charge in [-0.3, -0.25) is 9.59 Å². The minimum absolute atomic E-state index is 0.0524. The second kappa shape index (κ2) is 8.54. The van der Waals surface area contributed by atoms with E-state index in [9.17, 15) is 9.59 Å². The summed E-state index contributed by atoms with van der Waals surface area (Å²) in [7, 11) is 0. The van der Waals surface area contributed by atoms with E-state index >= 15 is 0 Å². The molecule has 1 amide bonds. The van der Waals surface area contributed by atoms with Crippen LogP contribution in [0.15, 0.2) is 35.4 Å². The number of rotatable bonds is 5. The van der Waals surface area contributed by atoms with Gasteiger partial charge in [0.25, 0.3) is 0 Å². The van der Waals surface area contributed by atoms with Gasteiger partial charge in [-0.2, -0.15) is 0 Å². The maximum Gasteiger partial charge on any atom is 0.310 e. The van der Waals surface area contributed by atoms with Crippen molar-refractivity contribution in [2.75, 3.05) is 25.4 Å². The first-order chi connectivity index (χ1) is 12.6. The molecule has 138 valence electrons. The van der Waals surface area contributed by atoms with Gasteiger partial charge in [-0.1, -0.05) is 30.0 Å². The lowest BCUT2D eigenvalue weighted by atomic mass is 9.98. The molecule has 0 saturated carbocycles. The van der Waals surface area contributed by atoms with Crippen LogP contribution in [-0.2, 0) is 14.3 Å². The fraction of sp³-hybridized carbons (Fsp3) is 0.450. The number of piperidine rings is 1. The molecule has 26 heavy (non-hydrogen) atoms. The van der Waals surface area contributed by atoms with Crippen molar-refractivity contribution in [2.24, 2.45) is 5.92 Å². The minimum atomic E-state index is -0.196. The van der Waals surface area contributed by atoms with Gasteiger partial charge in [0, 0.05) is 18.5 Å². The molecule has 2 aromatic rings. The number of carbonyl (C=O) groups is 2. The molecule has 1 aliphatic heterocycles. The van der Waals surface area contributed by atoms with E-state index in [-0.39, 0.29) is 17.8 Å². The van der Waals surface area contributed by atoms with Crippen LogP contribution in [0.2, 0.25) is 0 Å². The quantitative estimate of drug-likeness (QED) is 0.594. The van der Waals surface area contributed by atoms with Crippen LogP contribution in [-0.4, -0.2) is 47.2 Å². The van der Waals surface area contributed by atoms with Gasteiger partial charge in [0.1, 0.15) is 0 Å². The lowest BCUT2D eigenvalue weighted by molar-refractivity contribution is -0.151. The number of amides is 1. The molecule has 0 bridgehead atoms. The summed E-state index contributed by atoms with van der Waals surface area (Å²) in [6.07, 6.45) is 1.63. The van der Waals surface area contributed by atoms with E-state index in [4.69, 9.17) is 4.74 Å². The maximum absolute atomic E-state index is 12.6. The summed E-state index contributed by atoms with van der Waals surface area (Å²) in [6, 6.07) is 10.0. The molecule has 0 spiro atoms. The molecule has 0 aliphatic carbocycles. The molecule has 1 aromatic heterocycles. The maximum atomic E-state index is 12.6. The Morgan fingerprint density at radius 1 is 1.35 bits per heavy atom. The van der Waals surface area contributed by atoms with Gasteiger partial charge < -0.3 is 9.64 Å². The molecule has 6 heteroatoms. The number of nitrogens with zero attached hydrogens (tertiary/aromatic N) is 2. The van der Waals surface area contributed by atoms with Crippen molar-refractivity contribution in [3.63, 3.8) is 0 Å². The molecule has 0 N–H and O–H groups in total. The Morgan fingerprint density at radius 2 is 2.15 bits per heavy atom. The molecule has 1 fully saturated rings.